The van der Waals surface area contributed by atoms with Crippen LogP contribution in [0.4, 0.5) is 0 Å². The SMILES string of the molecule is Cc1ccc(OCC(=O)NCCOc2c(C)cc(C)cc2C)cc1. The van der Waals surface area contributed by atoms with Crippen LogP contribution in [0.3, 0.4) is 0 Å². The summed E-state index contributed by atoms with van der Waals surface area (Å²) in [5.41, 5.74) is 4.60. The third-order valence-corrected chi connectivity index (χ3v) is 3.67. The maximum atomic E-state index is 11.8. The number of ether oxygens (including phenoxy) is 2. The number of benzene rings is 2. The van der Waals surface area contributed by atoms with Crippen molar-refractivity contribution in [2.24, 2.45) is 0 Å². The first-order chi connectivity index (χ1) is 11.5. The van der Waals surface area contributed by atoms with E-state index in [1.54, 1.807) is 0 Å². The molecule has 0 saturated carbocycles. The molecule has 0 bridgehead atoms. The Kier molecular flexibility index (Phi) is 6.24. The highest BCUT2D eigenvalue weighted by Crippen LogP contribution is 2.24. The molecule has 4 heteroatoms. The summed E-state index contributed by atoms with van der Waals surface area (Å²) >= 11 is 0. The van der Waals surface area contributed by atoms with E-state index >= 15 is 0 Å². The van der Waals surface area contributed by atoms with Crippen LogP contribution in [-0.2, 0) is 4.79 Å². The average Bonchev–Trinajstić information content (AvgIpc) is 2.52. The van der Waals surface area contributed by atoms with Gasteiger partial charge in [-0.05, 0) is 51.0 Å². The van der Waals surface area contributed by atoms with Gasteiger partial charge < -0.3 is 14.8 Å². The Hall–Kier alpha value is -2.49. The van der Waals surface area contributed by atoms with E-state index in [1.165, 1.54) is 5.56 Å². The summed E-state index contributed by atoms with van der Waals surface area (Å²) in [6.07, 6.45) is 0. The highest BCUT2D eigenvalue weighted by atomic mass is 16.5. The normalized spacial score (nSPS) is 10.3. The second kappa shape index (κ2) is 8.39. The van der Waals surface area contributed by atoms with Gasteiger partial charge in [0.05, 0.1) is 6.54 Å². The number of hydrogen-bond donors (Lipinski definition) is 1. The molecule has 0 fully saturated rings. The van der Waals surface area contributed by atoms with Crippen LogP contribution in [0.1, 0.15) is 22.3 Å². The van der Waals surface area contributed by atoms with Gasteiger partial charge in [-0.15, -0.1) is 0 Å². The van der Waals surface area contributed by atoms with Crippen LogP contribution in [0.2, 0.25) is 0 Å². The molecule has 0 aliphatic rings. The van der Waals surface area contributed by atoms with Gasteiger partial charge in [-0.1, -0.05) is 35.4 Å². The van der Waals surface area contributed by atoms with E-state index in [1.807, 2.05) is 45.0 Å². The van der Waals surface area contributed by atoms with Gasteiger partial charge in [0, 0.05) is 0 Å². The lowest BCUT2D eigenvalue weighted by Gasteiger charge is -2.13. The van der Waals surface area contributed by atoms with Gasteiger partial charge in [0.15, 0.2) is 6.61 Å². The van der Waals surface area contributed by atoms with Crippen molar-refractivity contribution in [1.29, 1.82) is 0 Å². The predicted molar refractivity (Wildman–Crippen MR) is 95.8 cm³/mol. The lowest BCUT2D eigenvalue weighted by molar-refractivity contribution is -0.123. The van der Waals surface area contributed by atoms with Gasteiger partial charge in [0.25, 0.3) is 5.91 Å². The number of hydrogen-bond acceptors (Lipinski definition) is 3. The summed E-state index contributed by atoms with van der Waals surface area (Å²) in [5.74, 6) is 1.43. The van der Waals surface area contributed by atoms with Gasteiger partial charge in [-0.25, -0.2) is 0 Å². The zero-order chi connectivity index (χ0) is 17.5. The van der Waals surface area contributed by atoms with E-state index in [0.717, 1.165) is 22.4 Å². The Bertz CT molecular complexity index is 670. The van der Waals surface area contributed by atoms with Crippen LogP contribution in [0.25, 0.3) is 0 Å². The minimum absolute atomic E-state index is 0.00560. The highest BCUT2D eigenvalue weighted by molar-refractivity contribution is 5.77. The highest BCUT2D eigenvalue weighted by Gasteiger charge is 2.06. The molecule has 0 heterocycles. The zero-order valence-corrected chi connectivity index (χ0v) is 14.8. The molecule has 2 aromatic carbocycles. The monoisotopic (exact) mass is 327 g/mol. The summed E-state index contributed by atoms with van der Waals surface area (Å²) < 4.78 is 11.2. The molecule has 0 saturated heterocycles. The molecule has 0 spiro atoms. The van der Waals surface area contributed by atoms with Gasteiger partial charge in [-0.3, -0.25) is 4.79 Å². The molecule has 0 aliphatic carbocycles. The average molecular weight is 327 g/mol. The van der Waals surface area contributed by atoms with E-state index < -0.39 is 0 Å². The van der Waals surface area contributed by atoms with E-state index in [0.29, 0.717) is 18.9 Å². The molecule has 1 amide bonds. The number of carbonyl (C=O) groups excluding carboxylic acids is 1. The zero-order valence-electron chi connectivity index (χ0n) is 14.8. The van der Waals surface area contributed by atoms with Crippen LogP contribution in [0.15, 0.2) is 36.4 Å². The maximum absolute atomic E-state index is 11.8. The van der Waals surface area contributed by atoms with E-state index in [4.69, 9.17) is 9.47 Å². The Morgan fingerprint density at radius 2 is 1.54 bits per heavy atom. The third kappa shape index (κ3) is 5.30. The topological polar surface area (TPSA) is 47.6 Å². The first-order valence-corrected chi connectivity index (χ1v) is 8.12. The minimum atomic E-state index is -0.156. The molecule has 128 valence electrons. The molecular weight excluding hydrogens is 302 g/mol. The minimum Gasteiger partial charge on any atom is -0.491 e. The fraction of sp³-hybridized carbons (Fsp3) is 0.350. The molecule has 24 heavy (non-hydrogen) atoms. The van der Waals surface area contributed by atoms with Gasteiger partial charge >= 0.3 is 0 Å². The third-order valence-electron chi connectivity index (χ3n) is 3.67. The van der Waals surface area contributed by atoms with Crippen LogP contribution in [0, 0.1) is 27.7 Å². The van der Waals surface area contributed by atoms with Crippen molar-refractivity contribution in [2.45, 2.75) is 27.7 Å². The second-order valence-electron chi connectivity index (χ2n) is 6.03. The summed E-state index contributed by atoms with van der Waals surface area (Å²) in [4.78, 5) is 11.8. The van der Waals surface area contributed by atoms with Crippen molar-refractivity contribution in [3.05, 3.63) is 58.7 Å². The molecule has 4 nitrogen and oxygen atoms in total. The second-order valence-corrected chi connectivity index (χ2v) is 6.03. The number of rotatable bonds is 7. The van der Waals surface area contributed by atoms with Crippen molar-refractivity contribution in [2.75, 3.05) is 19.8 Å². The Morgan fingerprint density at radius 3 is 2.17 bits per heavy atom. The van der Waals surface area contributed by atoms with Crippen molar-refractivity contribution in [3.63, 3.8) is 0 Å². The van der Waals surface area contributed by atoms with Crippen molar-refractivity contribution in [1.82, 2.24) is 5.32 Å². The van der Waals surface area contributed by atoms with Crippen molar-refractivity contribution < 1.29 is 14.3 Å². The lowest BCUT2D eigenvalue weighted by atomic mass is 10.1. The Morgan fingerprint density at radius 1 is 0.917 bits per heavy atom. The van der Waals surface area contributed by atoms with E-state index in [2.05, 4.69) is 24.4 Å². The largest absolute Gasteiger partial charge is 0.491 e. The van der Waals surface area contributed by atoms with Crippen LogP contribution < -0.4 is 14.8 Å². The first kappa shape index (κ1) is 17.9. The molecule has 2 aromatic rings. The predicted octanol–water partition coefficient (Wildman–Crippen LogP) is 3.49. The molecule has 0 unspecified atom stereocenters. The van der Waals surface area contributed by atoms with Crippen molar-refractivity contribution in [3.8, 4) is 11.5 Å². The molecule has 0 aliphatic heterocycles. The lowest BCUT2D eigenvalue weighted by Crippen LogP contribution is -2.32. The van der Waals surface area contributed by atoms with Gasteiger partial charge in [0.1, 0.15) is 18.1 Å². The molecule has 0 atom stereocenters. The Labute approximate surface area is 143 Å². The summed E-state index contributed by atoms with van der Waals surface area (Å²) in [7, 11) is 0. The van der Waals surface area contributed by atoms with Crippen LogP contribution in [0.5, 0.6) is 11.5 Å². The maximum Gasteiger partial charge on any atom is 0.258 e. The fourth-order valence-corrected chi connectivity index (χ4v) is 2.57. The summed E-state index contributed by atoms with van der Waals surface area (Å²) in [6, 6.07) is 11.8. The molecule has 2 rings (SSSR count). The first-order valence-electron chi connectivity index (χ1n) is 8.12. The smallest absolute Gasteiger partial charge is 0.258 e. The van der Waals surface area contributed by atoms with E-state index in [-0.39, 0.29) is 12.5 Å². The van der Waals surface area contributed by atoms with Crippen molar-refractivity contribution >= 4 is 5.91 Å². The van der Waals surface area contributed by atoms with E-state index in [9.17, 15) is 4.79 Å². The number of nitrogens with one attached hydrogen (secondary N) is 1. The standard InChI is InChI=1S/C20H25NO3/c1-14-5-7-18(8-6-14)24-13-19(22)21-9-10-23-20-16(3)11-15(2)12-17(20)4/h5-8,11-12H,9-10,13H2,1-4H3,(H,21,22). The van der Waals surface area contributed by atoms with Crippen LogP contribution >= 0.6 is 0 Å². The molecule has 1 N–H and O–H groups in total. The number of carbonyl (C=O) groups is 1. The van der Waals surface area contributed by atoms with Crippen LogP contribution in [-0.4, -0.2) is 25.7 Å². The molecular formula is C20H25NO3. The van der Waals surface area contributed by atoms with Gasteiger partial charge in [-0.2, -0.15) is 0 Å². The molecule has 0 radical (unpaired) electrons. The number of amides is 1. The van der Waals surface area contributed by atoms with Gasteiger partial charge in [0.2, 0.25) is 0 Å². The fourth-order valence-electron chi connectivity index (χ4n) is 2.57. The summed E-state index contributed by atoms with van der Waals surface area (Å²) in [5, 5.41) is 2.80. The quantitative estimate of drug-likeness (QED) is 0.792. The molecule has 0 aromatic heterocycles. The number of aryl methyl sites for hydroxylation is 4. The summed E-state index contributed by atoms with van der Waals surface area (Å²) in [6.45, 7) is 9.02. The Balaban J connectivity index is 1.70.